The number of anilines is 1. The Morgan fingerprint density at radius 2 is 2.19 bits per heavy atom. The van der Waals surface area contributed by atoms with Crippen molar-refractivity contribution in [3.8, 4) is 17.1 Å². The van der Waals surface area contributed by atoms with Gasteiger partial charge in [0.05, 0.1) is 22.4 Å². The molecule has 4 aromatic heterocycles. The third kappa shape index (κ3) is 3.10. The topological polar surface area (TPSA) is 128 Å². The Balaban J connectivity index is 1.69. The number of nitrogens with one attached hydrogen (secondary N) is 2. The van der Waals surface area contributed by atoms with Crippen LogP contribution in [0.25, 0.3) is 39.0 Å². The molecule has 0 aliphatic carbocycles. The summed E-state index contributed by atoms with van der Waals surface area (Å²) < 4.78 is 6.81. The van der Waals surface area contributed by atoms with E-state index < -0.39 is 0 Å². The lowest BCUT2D eigenvalue weighted by Gasteiger charge is -2.03. The number of aromatic nitrogens is 5. The van der Waals surface area contributed by atoms with Gasteiger partial charge in [0.25, 0.3) is 5.91 Å². The normalized spacial score (nSPS) is 11.4. The Morgan fingerprint density at radius 1 is 1.32 bits per heavy atom. The van der Waals surface area contributed by atoms with Crippen molar-refractivity contribution in [3.63, 3.8) is 0 Å². The molecule has 0 unspecified atom stereocenters. The molecule has 0 saturated carbocycles. The van der Waals surface area contributed by atoms with Crippen molar-refractivity contribution in [2.45, 2.75) is 13.3 Å². The summed E-state index contributed by atoms with van der Waals surface area (Å²) in [6.07, 6.45) is 5.35. The largest absolute Gasteiger partial charge is 0.470 e. The average Bonchev–Trinajstić information content (AvgIpc) is 3.50. The van der Waals surface area contributed by atoms with Crippen molar-refractivity contribution in [2.24, 2.45) is 0 Å². The van der Waals surface area contributed by atoms with Gasteiger partial charge >= 0.3 is 0 Å². The summed E-state index contributed by atoms with van der Waals surface area (Å²) in [6.45, 7) is 2.62. The van der Waals surface area contributed by atoms with Gasteiger partial charge in [-0.1, -0.05) is 24.6 Å². The van der Waals surface area contributed by atoms with Crippen molar-refractivity contribution < 1.29 is 9.21 Å². The molecule has 1 amide bonds. The number of hydrogen-bond acceptors (Lipinski definition) is 6. The van der Waals surface area contributed by atoms with Gasteiger partial charge in [0, 0.05) is 29.1 Å². The van der Waals surface area contributed by atoms with E-state index in [0.29, 0.717) is 50.8 Å². The molecule has 156 valence electrons. The monoisotopic (exact) mass is 435 g/mol. The van der Waals surface area contributed by atoms with Crippen LogP contribution in [0.15, 0.2) is 47.5 Å². The number of carbonyl (C=O) groups excluding carboxylic acids is 1. The molecule has 5 aromatic rings. The van der Waals surface area contributed by atoms with Gasteiger partial charge < -0.3 is 20.5 Å². The van der Waals surface area contributed by atoms with Crippen LogP contribution in [-0.2, 0) is 0 Å². The summed E-state index contributed by atoms with van der Waals surface area (Å²) in [5.74, 6) is 0.146. The minimum absolute atomic E-state index is 0.136. The number of nitrogen functional groups attached to an aromatic ring is 1. The molecule has 1 aromatic carbocycles. The van der Waals surface area contributed by atoms with Gasteiger partial charge in [0.1, 0.15) is 29.8 Å². The van der Waals surface area contributed by atoms with Gasteiger partial charge in [-0.05, 0) is 18.6 Å². The number of amides is 1. The van der Waals surface area contributed by atoms with Gasteiger partial charge in [0.2, 0.25) is 0 Å². The molecule has 0 bridgehead atoms. The SMILES string of the molecule is CCCNC(=O)c1ccc2c(Cl)c(-c3nn(-c4ccoc4)c4ncnc(N)c34)[nH]c2c1. The predicted octanol–water partition coefficient (Wildman–Crippen LogP) is 3.93. The highest BCUT2D eigenvalue weighted by molar-refractivity contribution is 6.38. The van der Waals surface area contributed by atoms with Crippen LogP contribution < -0.4 is 11.1 Å². The molecule has 0 aliphatic rings. The molecule has 4 heterocycles. The first-order valence-electron chi connectivity index (χ1n) is 9.70. The van der Waals surface area contributed by atoms with Gasteiger partial charge in [-0.15, -0.1) is 0 Å². The number of hydrogen-bond donors (Lipinski definition) is 3. The molecule has 0 spiro atoms. The van der Waals surface area contributed by atoms with E-state index in [0.717, 1.165) is 11.8 Å². The fourth-order valence-corrected chi connectivity index (χ4v) is 3.82. The summed E-state index contributed by atoms with van der Waals surface area (Å²) in [5.41, 5.74) is 9.73. The molecule has 10 heteroatoms. The van der Waals surface area contributed by atoms with E-state index in [1.54, 1.807) is 35.4 Å². The van der Waals surface area contributed by atoms with Crippen LogP contribution in [0.3, 0.4) is 0 Å². The van der Waals surface area contributed by atoms with Crippen LogP contribution in [-0.4, -0.2) is 37.2 Å². The highest BCUT2D eigenvalue weighted by atomic mass is 35.5. The van der Waals surface area contributed by atoms with Crippen LogP contribution in [0.1, 0.15) is 23.7 Å². The smallest absolute Gasteiger partial charge is 0.251 e. The summed E-state index contributed by atoms with van der Waals surface area (Å²) in [4.78, 5) is 24.1. The van der Waals surface area contributed by atoms with Crippen LogP contribution >= 0.6 is 11.6 Å². The molecule has 0 aliphatic heterocycles. The van der Waals surface area contributed by atoms with Crippen molar-refractivity contribution >= 4 is 45.3 Å². The number of rotatable bonds is 5. The first-order chi connectivity index (χ1) is 15.1. The molecule has 0 fully saturated rings. The molecule has 31 heavy (non-hydrogen) atoms. The third-order valence-electron chi connectivity index (χ3n) is 5.01. The van der Waals surface area contributed by atoms with E-state index in [1.165, 1.54) is 6.33 Å². The van der Waals surface area contributed by atoms with Crippen molar-refractivity contribution in [3.05, 3.63) is 53.7 Å². The van der Waals surface area contributed by atoms with E-state index in [9.17, 15) is 4.79 Å². The van der Waals surface area contributed by atoms with Gasteiger partial charge in [-0.3, -0.25) is 4.79 Å². The lowest BCUT2D eigenvalue weighted by molar-refractivity contribution is 0.0954. The fourth-order valence-electron chi connectivity index (χ4n) is 3.52. The molecule has 0 radical (unpaired) electrons. The second-order valence-corrected chi connectivity index (χ2v) is 7.41. The maximum Gasteiger partial charge on any atom is 0.251 e. The molecule has 9 nitrogen and oxygen atoms in total. The summed E-state index contributed by atoms with van der Waals surface area (Å²) >= 11 is 6.71. The maximum absolute atomic E-state index is 12.3. The average molecular weight is 436 g/mol. The lowest BCUT2D eigenvalue weighted by Crippen LogP contribution is -2.23. The number of halogens is 1. The van der Waals surface area contributed by atoms with Gasteiger partial charge in [-0.2, -0.15) is 5.10 Å². The van der Waals surface area contributed by atoms with E-state index in [1.807, 2.05) is 13.0 Å². The Bertz CT molecular complexity index is 1420. The number of fused-ring (bicyclic) bond motifs is 2. The van der Waals surface area contributed by atoms with Crippen LogP contribution in [0.4, 0.5) is 5.82 Å². The highest BCUT2D eigenvalue weighted by Crippen LogP contribution is 2.39. The molecular formula is C21H18ClN7O2. The fraction of sp³-hybridized carbons (Fsp3) is 0.143. The van der Waals surface area contributed by atoms with Crippen molar-refractivity contribution in [2.75, 3.05) is 12.3 Å². The van der Waals surface area contributed by atoms with E-state index in [-0.39, 0.29) is 11.7 Å². The maximum atomic E-state index is 12.3. The number of furan rings is 1. The highest BCUT2D eigenvalue weighted by Gasteiger charge is 2.23. The van der Waals surface area contributed by atoms with Crippen LogP contribution in [0.2, 0.25) is 5.02 Å². The van der Waals surface area contributed by atoms with E-state index in [4.69, 9.17) is 26.9 Å². The molecule has 5 rings (SSSR count). The zero-order valence-electron chi connectivity index (χ0n) is 16.5. The van der Waals surface area contributed by atoms with Gasteiger partial charge in [0.15, 0.2) is 5.65 Å². The Labute approximate surface area is 181 Å². The zero-order valence-corrected chi connectivity index (χ0v) is 17.3. The minimum atomic E-state index is -0.136. The molecule has 0 atom stereocenters. The molecule has 0 saturated heterocycles. The van der Waals surface area contributed by atoms with Crippen molar-refractivity contribution in [1.29, 1.82) is 0 Å². The Morgan fingerprint density at radius 3 is 2.97 bits per heavy atom. The Hall–Kier alpha value is -3.85. The lowest BCUT2D eigenvalue weighted by atomic mass is 10.1. The van der Waals surface area contributed by atoms with Crippen molar-refractivity contribution in [1.82, 2.24) is 30.0 Å². The van der Waals surface area contributed by atoms with E-state index in [2.05, 4.69) is 20.3 Å². The number of H-pyrrole nitrogens is 1. The Kier molecular flexibility index (Phi) is 4.59. The second kappa shape index (κ2) is 7.44. The summed E-state index contributed by atoms with van der Waals surface area (Å²) in [7, 11) is 0. The standard InChI is InChI=1S/C21H18ClN7O2/c1-2-6-24-21(30)11-3-4-13-14(8-11)27-18(16(13)22)17-15-19(23)25-10-26-20(15)29(28-17)12-5-7-31-9-12/h3-5,7-10,27H,2,6H2,1H3,(H,24,30)(H2,23,25,26). The minimum Gasteiger partial charge on any atom is -0.470 e. The number of carbonyl (C=O) groups is 1. The van der Waals surface area contributed by atoms with E-state index >= 15 is 0 Å². The first-order valence-corrected chi connectivity index (χ1v) is 10.1. The van der Waals surface area contributed by atoms with Crippen LogP contribution in [0.5, 0.6) is 0 Å². The number of nitrogens with zero attached hydrogens (tertiary/aromatic N) is 4. The first kappa shape index (κ1) is 19.1. The molecule has 4 N–H and O–H groups in total. The predicted molar refractivity (Wildman–Crippen MR) is 118 cm³/mol. The number of nitrogens with two attached hydrogens (primary N) is 1. The summed E-state index contributed by atoms with van der Waals surface area (Å²) in [6, 6.07) is 7.09. The number of benzene rings is 1. The summed E-state index contributed by atoms with van der Waals surface area (Å²) in [5, 5.41) is 9.38. The second-order valence-electron chi connectivity index (χ2n) is 7.03. The molecular weight excluding hydrogens is 418 g/mol. The van der Waals surface area contributed by atoms with Crippen LogP contribution in [0, 0.1) is 0 Å². The quantitative estimate of drug-likeness (QED) is 0.383. The third-order valence-corrected chi connectivity index (χ3v) is 5.41. The number of aromatic amines is 1. The van der Waals surface area contributed by atoms with Gasteiger partial charge in [-0.25, -0.2) is 14.6 Å². The zero-order chi connectivity index (χ0) is 21.5.